The molecule has 20 heavy (non-hydrogen) atoms. The Kier molecular flexibility index (Phi) is 4.11. The predicted molar refractivity (Wildman–Crippen MR) is 69.1 cm³/mol. The fourth-order valence-electron chi connectivity index (χ4n) is 1.67. The number of non-ortho nitro benzene ring substituents is 1. The van der Waals surface area contributed by atoms with E-state index in [1.165, 1.54) is 30.5 Å². The van der Waals surface area contributed by atoms with Crippen LogP contribution in [0.4, 0.5) is 5.69 Å². The minimum Gasteiger partial charge on any atom is -0.467 e. The van der Waals surface area contributed by atoms with Gasteiger partial charge in [-0.1, -0.05) is 0 Å². The van der Waals surface area contributed by atoms with Crippen LogP contribution in [0.15, 0.2) is 47.1 Å². The van der Waals surface area contributed by atoms with Crippen molar-refractivity contribution in [3.8, 4) is 0 Å². The number of hydrogen-bond acceptors (Lipinski definition) is 5. The highest BCUT2D eigenvalue weighted by atomic mass is 16.6. The third-order valence-electron chi connectivity index (χ3n) is 2.71. The SMILES string of the molecule is O=C(NC(CO)c1ccco1)c1ccc([N+](=O)[O-])cc1. The Labute approximate surface area is 114 Å². The fourth-order valence-corrected chi connectivity index (χ4v) is 1.67. The molecule has 2 rings (SSSR count). The minimum atomic E-state index is -0.660. The van der Waals surface area contributed by atoms with Crippen LogP contribution in [-0.2, 0) is 0 Å². The molecule has 0 aliphatic heterocycles. The number of amides is 1. The third-order valence-corrected chi connectivity index (χ3v) is 2.71. The maximum Gasteiger partial charge on any atom is 0.269 e. The highest BCUT2D eigenvalue weighted by Gasteiger charge is 2.17. The molecule has 1 amide bonds. The first-order valence-electron chi connectivity index (χ1n) is 5.81. The van der Waals surface area contributed by atoms with Gasteiger partial charge in [-0.25, -0.2) is 0 Å². The van der Waals surface area contributed by atoms with E-state index < -0.39 is 16.9 Å². The number of hydrogen-bond donors (Lipinski definition) is 2. The molecule has 0 aliphatic rings. The normalized spacial score (nSPS) is 11.8. The van der Waals surface area contributed by atoms with E-state index in [9.17, 15) is 20.0 Å². The number of rotatable bonds is 5. The summed E-state index contributed by atoms with van der Waals surface area (Å²) >= 11 is 0. The van der Waals surface area contributed by atoms with Crippen molar-refractivity contribution in [1.82, 2.24) is 5.32 Å². The van der Waals surface area contributed by atoms with E-state index in [1.807, 2.05) is 0 Å². The van der Waals surface area contributed by atoms with Gasteiger partial charge in [-0.15, -0.1) is 0 Å². The van der Waals surface area contributed by atoms with E-state index in [2.05, 4.69) is 5.32 Å². The van der Waals surface area contributed by atoms with Crippen molar-refractivity contribution in [3.63, 3.8) is 0 Å². The lowest BCUT2D eigenvalue weighted by Gasteiger charge is -2.13. The van der Waals surface area contributed by atoms with Crippen LogP contribution in [0.2, 0.25) is 0 Å². The van der Waals surface area contributed by atoms with Gasteiger partial charge >= 0.3 is 0 Å². The van der Waals surface area contributed by atoms with Gasteiger partial charge in [0, 0.05) is 17.7 Å². The van der Waals surface area contributed by atoms with Gasteiger partial charge in [0.15, 0.2) is 0 Å². The molecule has 1 atom stereocenters. The van der Waals surface area contributed by atoms with Crippen LogP contribution in [0.1, 0.15) is 22.2 Å². The van der Waals surface area contributed by atoms with Crippen LogP contribution in [0.5, 0.6) is 0 Å². The molecular weight excluding hydrogens is 264 g/mol. The Morgan fingerprint density at radius 1 is 1.35 bits per heavy atom. The van der Waals surface area contributed by atoms with Gasteiger partial charge in [-0.05, 0) is 24.3 Å². The van der Waals surface area contributed by atoms with E-state index in [4.69, 9.17) is 4.42 Å². The number of benzene rings is 1. The summed E-state index contributed by atoms with van der Waals surface area (Å²) in [6, 6.07) is 7.82. The first-order valence-corrected chi connectivity index (χ1v) is 5.81. The molecule has 7 heteroatoms. The standard InChI is InChI=1S/C13H12N2O5/c16-8-11(12-2-1-7-20-12)14-13(17)9-3-5-10(6-4-9)15(18)19/h1-7,11,16H,8H2,(H,14,17). The molecular formula is C13H12N2O5. The van der Waals surface area contributed by atoms with Crippen molar-refractivity contribution in [1.29, 1.82) is 0 Å². The molecule has 2 aromatic rings. The summed E-state index contributed by atoms with van der Waals surface area (Å²) in [6.07, 6.45) is 1.44. The monoisotopic (exact) mass is 276 g/mol. The summed E-state index contributed by atoms with van der Waals surface area (Å²) in [7, 11) is 0. The maximum atomic E-state index is 12.0. The van der Waals surface area contributed by atoms with E-state index in [0.717, 1.165) is 0 Å². The predicted octanol–water partition coefficient (Wildman–Crippen LogP) is 1.65. The van der Waals surface area contributed by atoms with Crippen molar-refractivity contribution in [3.05, 3.63) is 64.1 Å². The second kappa shape index (κ2) is 5.98. The van der Waals surface area contributed by atoms with Gasteiger partial charge in [-0.2, -0.15) is 0 Å². The molecule has 2 N–H and O–H groups in total. The van der Waals surface area contributed by atoms with Crippen molar-refractivity contribution >= 4 is 11.6 Å². The molecule has 104 valence electrons. The van der Waals surface area contributed by atoms with Gasteiger partial charge in [-0.3, -0.25) is 14.9 Å². The third kappa shape index (κ3) is 3.01. The molecule has 0 fully saturated rings. The number of carbonyl (C=O) groups is 1. The molecule has 1 aromatic heterocycles. The first kappa shape index (κ1) is 13.8. The molecule has 0 saturated carbocycles. The summed E-state index contributed by atoms with van der Waals surface area (Å²) in [6.45, 7) is -0.313. The molecule has 1 heterocycles. The second-order valence-corrected chi connectivity index (χ2v) is 4.03. The highest BCUT2D eigenvalue weighted by Crippen LogP contribution is 2.15. The summed E-state index contributed by atoms with van der Waals surface area (Å²) in [5.41, 5.74) is 0.173. The zero-order valence-electron chi connectivity index (χ0n) is 10.4. The Bertz CT molecular complexity index is 592. The number of nitro groups is 1. The zero-order valence-corrected chi connectivity index (χ0v) is 10.4. The number of nitrogens with one attached hydrogen (secondary N) is 1. The van der Waals surface area contributed by atoms with Crippen molar-refractivity contribution in [2.24, 2.45) is 0 Å². The van der Waals surface area contributed by atoms with Crippen LogP contribution >= 0.6 is 0 Å². The molecule has 0 spiro atoms. The molecule has 0 aliphatic carbocycles. The molecule has 0 saturated heterocycles. The Balaban J connectivity index is 2.09. The van der Waals surface area contributed by atoms with E-state index in [1.54, 1.807) is 12.1 Å². The molecule has 1 unspecified atom stereocenters. The van der Waals surface area contributed by atoms with Gasteiger partial charge in [0.1, 0.15) is 11.8 Å². The number of aliphatic hydroxyl groups is 1. The average molecular weight is 276 g/mol. The lowest BCUT2D eigenvalue weighted by atomic mass is 10.1. The summed E-state index contributed by atoms with van der Waals surface area (Å²) in [5, 5.41) is 22.3. The maximum absolute atomic E-state index is 12.0. The molecule has 7 nitrogen and oxygen atoms in total. The Hall–Kier alpha value is -2.67. The number of nitro benzene ring substituents is 1. The van der Waals surface area contributed by atoms with Crippen molar-refractivity contribution in [2.45, 2.75) is 6.04 Å². The minimum absolute atomic E-state index is 0.0914. The lowest BCUT2D eigenvalue weighted by Crippen LogP contribution is -2.30. The van der Waals surface area contributed by atoms with Gasteiger partial charge < -0.3 is 14.8 Å². The van der Waals surface area contributed by atoms with E-state index >= 15 is 0 Å². The topological polar surface area (TPSA) is 106 Å². The highest BCUT2D eigenvalue weighted by molar-refractivity contribution is 5.94. The zero-order chi connectivity index (χ0) is 14.5. The van der Waals surface area contributed by atoms with Gasteiger partial charge in [0.2, 0.25) is 0 Å². The van der Waals surface area contributed by atoms with Crippen LogP contribution in [0, 0.1) is 10.1 Å². The Morgan fingerprint density at radius 3 is 2.55 bits per heavy atom. The van der Waals surface area contributed by atoms with Crippen LogP contribution in [-0.4, -0.2) is 22.5 Å². The summed E-state index contributed by atoms with van der Waals surface area (Å²) in [4.78, 5) is 21.9. The molecule has 0 radical (unpaired) electrons. The number of carbonyl (C=O) groups excluding carboxylic acids is 1. The first-order chi connectivity index (χ1) is 9.61. The number of nitrogens with zero attached hydrogens (tertiary/aromatic N) is 1. The fraction of sp³-hybridized carbons (Fsp3) is 0.154. The van der Waals surface area contributed by atoms with Gasteiger partial charge in [0.05, 0.1) is 17.8 Å². The van der Waals surface area contributed by atoms with E-state index in [-0.39, 0.29) is 17.9 Å². The van der Waals surface area contributed by atoms with Gasteiger partial charge in [0.25, 0.3) is 11.6 Å². The molecule has 0 bridgehead atoms. The number of furan rings is 1. The quantitative estimate of drug-likeness (QED) is 0.638. The lowest BCUT2D eigenvalue weighted by molar-refractivity contribution is -0.384. The summed E-state index contributed by atoms with van der Waals surface area (Å²) < 4.78 is 5.11. The van der Waals surface area contributed by atoms with Crippen LogP contribution in [0.25, 0.3) is 0 Å². The van der Waals surface area contributed by atoms with Crippen LogP contribution in [0.3, 0.4) is 0 Å². The average Bonchev–Trinajstić information content (AvgIpc) is 2.98. The Morgan fingerprint density at radius 2 is 2.05 bits per heavy atom. The molecule has 1 aromatic carbocycles. The largest absolute Gasteiger partial charge is 0.467 e. The summed E-state index contributed by atoms with van der Waals surface area (Å²) in [5.74, 6) is -0.0156. The smallest absolute Gasteiger partial charge is 0.269 e. The van der Waals surface area contributed by atoms with Crippen molar-refractivity contribution in [2.75, 3.05) is 6.61 Å². The van der Waals surface area contributed by atoms with Crippen LogP contribution < -0.4 is 5.32 Å². The van der Waals surface area contributed by atoms with Crippen molar-refractivity contribution < 1.29 is 19.2 Å². The number of aliphatic hydroxyl groups excluding tert-OH is 1. The van der Waals surface area contributed by atoms with E-state index in [0.29, 0.717) is 5.76 Å². The second-order valence-electron chi connectivity index (χ2n) is 4.03.